The first-order valence-electron chi connectivity index (χ1n) is 6.35. The SMILES string of the molecule is C#CCOc1ccccc1CNc1c(C)cccc1F. The van der Waals surface area contributed by atoms with Gasteiger partial charge >= 0.3 is 0 Å². The molecule has 0 saturated carbocycles. The van der Waals surface area contributed by atoms with Crippen LogP contribution in [0.1, 0.15) is 11.1 Å². The van der Waals surface area contributed by atoms with Crippen molar-refractivity contribution in [3.8, 4) is 18.1 Å². The highest BCUT2D eigenvalue weighted by Crippen LogP contribution is 2.23. The smallest absolute Gasteiger partial charge is 0.148 e. The molecule has 2 rings (SSSR count). The Bertz CT molecular complexity index is 611. The summed E-state index contributed by atoms with van der Waals surface area (Å²) in [4.78, 5) is 0. The number of halogens is 1. The average molecular weight is 269 g/mol. The Hall–Kier alpha value is -2.47. The van der Waals surface area contributed by atoms with Crippen molar-refractivity contribution in [1.82, 2.24) is 0 Å². The zero-order valence-corrected chi connectivity index (χ0v) is 11.3. The fourth-order valence-corrected chi connectivity index (χ4v) is 1.95. The Morgan fingerprint density at radius 2 is 2.00 bits per heavy atom. The fraction of sp³-hybridized carbons (Fsp3) is 0.176. The average Bonchev–Trinajstić information content (AvgIpc) is 2.45. The number of aryl methyl sites for hydroxylation is 1. The fourth-order valence-electron chi connectivity index (χ4n) is 1.95. The van der Waals surface area contributed by atoms with E-state index >= 15 is 0 Å². The van der Waals surface area contributed by atoms with Gasteiger partial charge < -0.3 is 10.1 Å². The Labute approximate surface area is 118 Å². The highest BCUT2D eigenvalue weighted by molar-refractivity contribution is 5.52. The summed E-state index contributed by atoms with van der Waals surface area (Å²) in [6.45, 7) is 2.56. The first-order chi connectivity index (χ1) is 9.72. The minimum atomic E-state index is -0.257. The summed E-state index contributed by atoms with van der Waals surface area (Å²) >= 11 is 0. The van der Waals surface area contributed by atoms with Crippen molar-refractivity contribution in [2.24, 2.45) is 0 Å². The first kappa shape index (κ1) is 14.0. The van der Waals surface area contributed by atoms with Crippen LogP contribution in [0.3, 0.4) is 0 Å². The molecule has 2 aromatic rings. The third-order valence-electron chi connectivity index (χ3n) is 2.96. The second-order valence-electron chi connectivity index (χ2n) is 4.39. The van der Waals surface area contributed by atoms with Crippen LogP contribution in [0.25, 0.3) is 0 Å². The van der Waals surface area contributed by atoms with E-state index in [0.29, 0.717) is 18.0 Å². The molecule has 1 N–H and O–H groups in total. The quantitative estimate of drug-likeness (QED) is 0.834. The van der Waals surface area contributed by atoms with Crippen molar-refractivity contribution < 1.29 is 9.13 Å². The van der Waals surface area contributed by atoms with Crippen molar-refractivity contribution >= 4 is 5.69 Å². The second-order valence-corrected chi connectivity index (χ2v) is 4.39. The molecule has 0 amide bonds. The van der Waals surface area contributed by atoms with Gasteiger partial charge in [-0.1, -0.05) is 36.3 Å². The lowest BCUT2D eigenvalue weighted by Gasteiger charge is -2.13. The van der Waals surface area contributed by atoms with Crippen molar-refractivity contribution in [3.05, 3.63) is 59.4 Å². The Morgan fingerprint density at radius 1 is 1.20 bits per heavy atom. The molecule has 2 aromatic carbocycles. The largest absolute Gasteiger partial charge is 0.481 e. The molecular formula is C17H16FNO. The van der Waals surface area contributed by atoms with Gasteiger partial charge in [-0.05, 0) is 24.6 Å². The molecule has 0 heterocycles. The van der Waals surface area contributed by atoms with E-state index in [2.05, 4.69) is 11.2 Å². The van der Waals surface area contributed by atoms with Crippen LogP contribution in [-0.4, -0.2) is 6.61 Å². The lowest BCUT2D eigenvalue weighted by atomic mass is 10.1. The molecule has 0 bridgehead atoms. The summed E-state index contributed by atoms with van der Waals surface area (Å²) in [5, 5.41) is 3.11. The summed E-state index contributed by atoms with van der Waals surface area (Å²) in [6.07, 6.45) is 5.19. The van der Waals surface area contributed by atoms with Crippen LogP contribution in [0.2, 0.25) is 0 Å². The van der Waals surface area contributed by atoms with Gasteiger partial charge in [-0.15, -0.1) is 6.42 Å². The number of terminal acetylenes is 1. The minimum absolute atomic E-state index is 0.218. The van der Waals surface area contributed by atoms with Gasteiger partial charge in [0.25, 0.3) is 0 Å². The van der Waals surface area contributed by atoms with E-state index < -0.39 is 0 Å². The molecule has 0 saturated heterocycles. The van der Waals surface area contributed by atoms with Gasteiger partial charge in [0.15, 0.2) is 0 Å². The van der Waals surface area contributed by atoms with E-state index in [1.165, 1.54) is 6.07 Å². The summed E-state index contributed by atoms with van der Waals surface area (Å²) in [5.74, 6) is 2.89. The van der Waals surface area contributed by atoms with Gasteiger partial charge in [0.1, 0.15) is 18.2 Å². The van der Waals surface area contributed by atoms with Crippen LogP contribution in [0, 0.1) is 25.1 Å². The molecule has 0 unspecified atom stereocenters. The van der Waals surface area contributed by atoms with Crippen LogP contribution in [-0.2, 0) is 6.54 Å². The summed E-state index contributed by atoms with van der Waals surface area (Å²) < 4.78 is 19.2. The van der Waals surface area contributed by atoms with Gasteiger partial charge in [0, 0.05) is 12.1 Å². The molecule has 2 nitrogen and oxygen atoms in total. The highest BCUT2D eigenvalue weighted by atomic mass is 19.1. The molecule has 0 spiro atoms. The Morgan fingerprint density at radius 3 is 2.75 bits per heavy atom. The van der Waals surface area contributed by atoms with Crippen molar-refractivity contribution in [3.63, 3.8) is 0 Å². The molecule has 0 aliphatic rings. The molecule has 0 aliphatic heterocycles. The van der Waals surface area contributed by atoms with E-state index in [9.17, 15) is 4.39 Å². The maximum atomic E-state index is 13.7. The minimum Gasteiger partial charge on any atom is -0.481 e. The zero-order chi connectivity index (χ0) is 14.4. The maximum absolute atomic E-state index is 13.7. The van der Waals surface area contributed by atoms with E-state index in [-0.39, 0.29) is 12.4 Å². The van der Waals surface area contributed by atoms with E-state index in [0.717, 1.165) is 11.1 Å². The van der Waals surface area contributed by atoms with Gasteiger partial charge in [-0.25, -0.2) is 4.39 Å². The lowest BCUT2D eigenvalue weighted by molar-refractivity contribution is 0.366. The summed E-state index contributed by atoms with van der Waals surface area (Å²) in [5.41, 5.74) is 2.32. The molecule has 3 heteroatoms. The standard InChI is InChI=1S/C17H16FNO/c1-3-11-20-16-10-5-4-8-14(16)12-19-17-13(2)7-6-9-15(17)18/h1,4-10,19H,11-12H2,2H3. The first-order valence-corrected chi connectivity index (χ1v) is 6.35. The predicted molar refractivity (Wildman–Crippen MR) is 79.2 cm³/mol. The van der Waals surface area contributed by atoms with Crippen LogP contribution in [0.4, 0.5) is 10.1 Å². The van der Waals surface area contributed by atoms with E-state index in [1.54, 1.807) is 6.07 Å². The molecule has 0 aliphatic carbocycles. The third kappa shape index (κ3) is 3.30. The molecule has 102 valence electrons. The number of hydrogen-bond donors (Lipinski definition) is 1. The maximum Gasteiger partial charge on any atom is 0.148 e. The van der Waals surface area contributed by atoms with Crippen LogP contribution >= 0.6 is 0 Å². The molecule has 0 aromatic heterocycles. The third-order valence-corrected chi connectivity index (χ3v) is 2.96. The second kappa shape index (κ2) is 6.63. The van der Waals surface area contributed by atoms with Gasteiger partial charge in [0.2, 0.25) is 0 Å². The zero-order valence-electron chi connectivity index (χ0n) is 11.3. The van der Waals surface area contributed by atoms with E-state index in [4.69, 9.17) is 11.2 Å². The molecule has 20 heavy (non-hydrogen) atoms. The molecule has 0 fully saturated rings. The molecule has 0 atom stereocenters. The monoisotopic (exact) mass is 269 g/mol. The van der Waals surface area contributed by atoms with Crippen LogP contribution in [0.5, 0.6) is 5.75 Å². The molecular weight excluding hydrogens is 253 g/mol. The highest BCUT2D eigenvalue weighted by Gasteiger charge is 2.07. The number of ether oxygens (including phenoxy) is 1. The predicted octanol–water partition coefficient (Wildman–Crippen LogP) is 3.76. The van der Waals surface area contributed by atoms with E-state index in [1.807, 2.05) is 37.3 Å². The number of benzene rings is 2. The summed E-state index contributed by atoms with van der Waals surface area (Å²) in [7, 11) is 0. The normalized spacial score (nSPS) is 9.85. The Balaban J connectivity index is 2.13. The number of para-hydroxylation sites is 2. The topological polar surface area (TPSA) is 21.3 Å². The van der Waals surface area contributed by atoms with Crippen molar-refractivity contribution in [2.45, 2.75) is 13.5 Å². The van der Waals surface area contributed by atoms with Crippen molar-refractivity contribution in [1.29, 1.82) is 0 Å². The lowest BCUT2D eigenvalue weighted by Crippen LogP contribution is -2.05. The number of nitrogens with one attached hydrogen (secondary N) is 1. The molecule has 0 radical (unpaired) electrons. The van der Waals surface area contributed by atoms with Crippen LogP contribution in [0.15, 0.2) is 42.5 Å². The van der Waals surface area contributed by atoms with Gasteiger partial charge in [0.05, 0.1) is 5.69 Å². The summed E-state index contributed by atoms with van der Waals surface area (Å²) in [6, 6.07) is 12.6. The van der Waals surface area contributed by atoms with Gasteiger partial charge in [-0.2, -0.15) is 0 Å². The number of anilines is 1. The number of hydrogen-bond acceptors (Lipinski definition) is 2. The van der Waals surface area contributed by atoms with Crippen LogP contribution < -0.4 is 10.1 Å². The van der Waals surface area contributed by atoms with Crippen molar-refractivity contribution in [2.75, 3.05) is 11.9 Å². The van der Waals surface area contributed by atoms with Gasteiger partial charge in [-0.3, -0.25) is 0 Å². The number of rotatable bonds is 5. The Kier molecular flexibility index (Phi) is 4.62.